The molecule has 0 atom stereocenters. The Morgan fingerprint density at radius 1 is 0.386 bits per heavy atom. The van der Waals surface area contributed by atoms with Crippen LogP contribution < -0.4 is 0 Å². The van der Waals surface area contributed by atoms with Gasteiger partial charge in [-0.3, -0.25) is 0 Å². The first kappa shape index (κ1) is 30.6. The van der Waals surface area contributed by atoms with Crippen molar-refractivity contribution in [1.82, 2.24) is 0 Å². The monoisotopic (exact) mass is 568 g/mol. The summed E-state index contributed by atoms with van der Waals surface area (Å²) in [5.74, 6) is 26.6. The van der Waals surface area contributed by atoms with Crippen molar-refractivity contribution in [3.05, 3.63) is 141 Å². The van der Waals surface area contributed by atoms with E-state index in [1.807, 2.05) is 36.4 Å². The molecule has 4 aromatic carbocycles. The molecule has 0 heterocycles. The van der Waals surface area contributed by atoms with E-state index in [4.69, 9.17) is 0 Å². The van der Waals surface area contributed by atoms with Crippen molar-refractivity contribution >= 4 is 0 Å². The largest absolute Gasteiger partial charge is 0.0654 e. The highest BCUT2D eigenvalue weighted by Gasteiger charge is 2.05. The van der Waals surface area contributed by atoms with Gasteiger partial charge in [-0.2, -0.15) is 0 Å². The van der Waals surface area contributed by atoms with Crippen LogP contribution in [0.4, 0.5) is 0 Å². The van der Waals surface area contributed by atoms with Crippen LogP contribution in [0.5, 0.6) is 0 Å². The number of unbranched alkanes of at least 4 members (excludes halogenated alkanes) is 6. The lowest BCUT2D eigenvalue weighted by molar-refractivity contribution is 0.667. The maximum Gasteiger partial charge on any atom is 0.0418 e. The van der Waals surface area contributed by atoms with Gasteiger partial charge in [-0.25, -0.2) is 0 Å². The first-order chi connectivity index (χ1) is 21.7. The van der Waals surface area contributed by atoms with E-state index in [0.29, 0.717) is 0 Å². The molecule has 0 spiro atoms. The van der Waals surface area contributed by atoms with E-state index in [-0.39, 0.29) is 0 Å². The van der Waals surface area contributed by atoms with Crippen LogP contribution >= 0.6 is 0 Å². The Kier molecular flexibility index (Phi) is 11.2. The predicted octanol–water partition coefficient (Wildman–Crippen LogP) is 9.84. The lowest BCUT2D eigenvalue weighted by atomic mass is 9.98. The number of aryl methyl sites for hydroxylation is 2. The zero-order valence-corrected chi connectivity index (χ0v) is 26.2. The molecule has 0 bridgehead atoms. The van der Waals surface area contributed by atoms with E-state index >= 15 is 0 Å². The summed E-state index contributed by atoms with van der Waals surface area (Å²) in [6.45, 7) is 4.50. The molecule has 0 unspecified atom stereocenters. The van der Waals surface area contributed by atoms with Gasteiger partial charge in [-0.1, -0.05) is 124 Å². The Morgan fingerprint density at radius 2 is 0.750 bits per heavy atom. The molecule has 0 radical (unpaired) electrons. The molecule has 216 valence electrons. The zero-order chi connectivity index (χ0) is 30.4. The molecular weight excluding hydrogens is 528 g/mol. The fourth-order valence-electron chi connectivity index (χ4n) is 5.25. The van der Waals surface area contributed by atoms with Crippen molar-refractivity contribution in [3.8, 4) is 47.4 Å². The van der Waals surface area contributed by atoms with Crippen LogP contribution in [-0.2, 0) is 12.8 Å². The quantitative estimate of drug-likeness (QED) is 0.116. The summed E-state index contributed by atoms with van der Waals surface area (Å²) >= 11 is 0. The highest BCUT2D eigenvalue weighted by atomic mass is 14.1. The van der Waals surface area contributed by atoms with Gasteiger partial charge in [0.2, 0.25) is 0 Å². The average Bonchev–Trinajstić information content (AvgIpc) is 3.05. The Labute approximate surface area is 265 Å². The second-order valence-electron chi connectivity index (χ2n) is 11.5. The van der Waals surface area contributed by atoms with Crippen LogP contribution in [0.1, 0.15) is 121 Å². The average molecular weight is 569 g/mol. The minimum absolute atomic E-state index is 0.912. The summed E-state index contributed by atoms with van der Waals surface area (Å²) in [6, 6.07) is 29.6. The van der Waals surface area contributed by atoms with Gasteiger partial charge in [0.1, 0.15) is 0 Å². The summed E-state index contributed by atoms with van der Waals surface area (Å²) in [7, 11) is 0. The van der Waals surface area contributed by atoms with Gasteiger partial charge in [0.25, 0.3) is 0 Å². The van der Waals surface area contributed by atoms with Crippen molar-refractivity contribution in [2.45, 2.75) is 78.1 Å². The standard InChI is InChI=1S/C44H40/c1-3-5-7-9-11-35-13-17-37(18-14-35)21-23-39-25-27-41-30-32-44-34-40(26-28-42(44)29-31-43(41)33-39)24-22-38-19-15-36(16-20-38)12-10-8-6-4-2/h13-20,25-28,33-34H,3-12H2,1-2H3. The normalized spacial score (nSPS) is 10.6. The summed E-state index contributed by atoms with van der Waals surface area (Å²) < 4.78 is 0. The molecule has 0 nitrogen and oxygen atoms in total. The highest BCUT2D eigenvalue weighted by Crippen LogP contribution is 2.17. The first-order valence-corrected chi connectivity index (χ1v) is 16.2. The van der Waals surface area contributed by atoms with Crippen molar-refractivity contribution in [3.63, 3.8) is 0 Å². The molecule has 0 heteroatoms. The summed E-state index contributed by atoms with van der Waals surface area (Å²) in [5, 5.41) is 0. The zero-order valence-electron chi connectivity index (χ0n) is 26.2. The second kappa shape index (κ2) is 16.1. The van der Waals surface area contributed by atoms with Crippen LogP contribution in [0.2, 0.25) is 0 Å². The molecule has 0 amide bonds. The molecule has 0 N–H and O–H groups in total. The number of benzene rings is 4. The third kappa shape index (κ3) is 9.06. The van der Waals surface area contributed by atoms with Crippen LogP contribution in [0.15, 0.2) is 84.9 Å². The molecule has 1 aliphatic rings. The van der Waals surface area contributed by atoms with E-state index < -0.39 is 0 Å². The van der Waals surface area contributed by atoms with Crippen molar-refractivity contribution < 1.29 is 0 Å². The minimum atomic E-state index is 0.912. The number of rotatable bonds is 10. The molecule has 0 fully saturated rings. The third-order valence-corrected chi connectivity index (χ3v) is 7.95. The Balaban J connectivity index is 1.24. The Morgan fingerprint density at radius 3 is 1.16 bits per heavy atom. The molecule has 44 heavy (non-hydrogen) atoms. The molecule has 0 saturated carbocycles. The molecule has 0 aliphatic heterocycles. The van der Waals surface area contributed by atoms with Crippen molar-refractivity contribution in [2.75, 3.05) is 0 Å². The molecule has 0 saturated heterocycles. The van der Waals surface area contributed by atoms with Gasteiger partial charge >= 0.3 is 0 Å². The highest BCUT2D eigenvalue weighted by molar-refractivity contribution is 5.64. The van der Waals surface area contributed by atoms with Crippen LogP contribution in [0.25, 0.3) is 0 Å². The smallest absolute Gasteiger partial charge is 0.0418 e. The molecule has 5 rings (SSSR count). The molecular formula is C44H40. The second-order valence-corrected chi connectivity index (χ2v) is 11.5. The van der Waals surface area contributed by atoms with Crippen molar-refractivity contribution in [2.24, 2.45) is 0 Å². The number of fused-ring (bicyclic) bond motifs is 2. The van der Waals surface area contributed by atoms with E-state index in [1.165, 1.54) is 62.5 Å². The van der Waals surface area contributed by atoms with E-state index in [9.17, 15) is 0 Å². The first-order valence-electron chi connectivity index (χ1n) is 16.2. The van der Waals surface area contributed by atoms with Gasteiger partial charge in [0.15, 0.2) is 0 Å². The summed E-state index contributed by atoms with van der Waals surface area (Å²) in [4.78, 5) is 0. The fraction of sp³-hybridized carbons (Fsp3) is 0.273. The Bertz CT molecular complexity index is 1680. The third-order valence-electron chi connectivity index (χ3n) is 7.95. The van der Waals surface area contributed by atoms with E-state index in [2.05, 4.69) is 110 Å². The van der Waals surface area contributed by atoms with Gasteiger partial charge < -0.3 is 0 Å². The maximum absolute atomic E-state index is 3.34. The lowest BCUT2D eigenvalue weighted by Crippen LogP contribution is -1.92. The maximum atomic E-state index is 3.34. The Hall–Kier alpha value is -4.88. The van der Waals surface area contributed by atoms with E-state index in [1.54, 1.807) is 0 Å². The summed E-state index contributed by atoms with van der Waals surface area (Å²) in [6.07, 6.45) is 12.6. The van der Waals surface area contributed by atoms with Crippen molar-refractivity contribution in [1.29, 1.82) is 0 Å². The van der Waals surface area contributed by atoms with Gasteiger partial charge in [0, 0.05) is 44.5 Å². The molecule has 0 aromatic heterocycles. The van der Waals surface area contributed by atoms with Gasteiger partial charge in [-0.05, 0) is 97.5 Å². The number of hydrogen-bond donors (Lipinski definition) is 0. The summed E-state index contributed by atoms with van der Waals surface area (Å²) in [5.41, 5.74) is 10.4. The van der Waals surface area contributed by atoms with E-state index in [0.717, 1.165) is 57.3 Å². The topological polar surface area (TPSA) is 0 Å². The molecule has 4 aromatic rings. The van der Waals surface area contributed by atoms with Crippen LogP contribution in [0, 0.1) is 47.4 Å². The van der Waals surface area contributed by atoms with Gasteiger partial charge in [0.05, 0.1) is 0 Å². The van der Waals surface area contributed by atoms with Gasteiger partial charge in [-0.15, -0.1) is 0 Å². The van der Waals surface area contributed by atoms with Crippen LogP contribution in [-0.4, -0.2) is 0 Å². The molecule has 1 aliphatic carbocycles. The van der Waals surface area contributed by atoms with Crippen LogP contribution in [0.3, 0.4) is 0 Å². The fourth-order valence-corrected chi connectivity index (χ4v) is 5.25. The lowest BCUT2D eigenvalue weighted by Gasteiger charge is -2.03. The predicted molar refractivity (Wildman–Crippen MR) is 185 cm³/mol. The minimum Gasteiger partial charge on any atom is -0.0654 e. The SMILES string of the molecule is CCCCCCc1ccc(C#Cc2ccc3c(c2)C#Cc2ccc(C#Cc4ccc(CCCCCC)cc4)cc2C#C3)cc1. The number of hydrogen-bond acceptors (Lipinski definition) is 0.